The second-order valence-corrected chi connectivity index (χ2v) is 6.67. The minimum atomic E-state index is -1.06. The summed E-state index contributed by atoms with van der Waals surface area (Å²) >= 11 is 0. The van der Waals surface area contributed by atoms with Crippen LogP contribution in [0.3, 0.4) is 0 Å². The zero-order chi connectivity index (χ0) is 20.1. The monoisotopic (exact) mass is 388 g/mol. The largest absolute Gasteiger partial charge is 0.494 e. The Labute approximate surface area is 162 Å². The Bertz CT molecular complexity index is 855. The molecule has 3 rings (SSSR count). The van der Waals surface area contributed by atoms with Crippen molar-refractivity contribution in [3.05, 3.63) is 59.7 Å². The fourth-order valence-corrected chi connectivity index (χ4v) is 3.23. The summed E-state index contributed by atoms with van der Waals surface area (Å²) in [5.74, 6) is -2.28. The van der Waals surface area contributed by atoms with Gasteiger partial charge in [0.15, 0.2) is 11.6 Å². The Morgan fingerprint density at radius 2 is 1.89 bits per heavy atom. The van der Waals surface area contributed by atoms with Crippen molar-refractivity contribution in [1.82, 2.24) is 4.90 Å². The van der Waals surface area contributed by atoms with Gasteiger partial charge in [0.2, 0.25) is 5.91 Å². The molecule has 2 amide bonds. The second kappa shape index (κ2) is 8.82. The van der Waals surface area contributed by atoms with Crippen LogP contribution in [0.25, 0.3) is 0 Å². The minimum Gasteiger partial charge on any atom is -0.494 e. The number of nitrogens with zero attached hydrogens (tertiary/aromatic N) is 1. The van der Waals surface area contributed by atoms with Gasteiger partial charge in [-0.05, 0) is 62.2 Å². The van der Waals surface area contributed by atoms with Crippen molar-refractivity contribution >= 4 is 17.5 Å². The first-order valence-electron chi connectivity index (χ1n) is 9.26. The molecule has 1 aliphatic rings. The average Bonchev–Trinajstić information content (AvgIpc) is 2.71. The van der Waals surface area contributed by atoms with E-state index in [1.54, 1.807) is 24.3 Å². The van der Waals surface area contributed by atoms with Crippen molar-refractivity contribution in [2.24, 2.45) is 5.92 Å². The Morgan fingerprint density at radius 3 is 2.57 bits per heavy atom. The molecule has 0 aromatic heterocycles. The van der Waals surface area contributed by atoms with E-state index in [2.05, 4.69) is 5.32 Å². The van der Waals surface area contributed by atoms with Gasteiger partial charge in [-0.1, -0.05) is 0 Å². The Morgan fingerprint density at radius 1 is 1.14 bits per heavy atom. The van der Waals surface area contributed by atoms with Gasteiger partial charge in [0.25, 0.3) is 5.91 Å². The maximum absolute atomic E-state index is 13.4. The molecule has 5 nitrogen and oxygen atoms in total. The lowest BCUT2D eigenvalue weighted by molar-refractivity contribution is -0.121. The summed E-state index contributed by atoms with van der Waals surface area (Å²) in [6.07, 6.45) is 1.32. The van der Waals surface area contributed by atoms with Gasteiger partial charge in [-0.2, -0.15) is 0 Å². The summed E-state index contributed by atoms with van der Waals surface area (Å²) in [5.41, 5.74) is 0.726. The molecular formula is C21H22F2N2O3. The standard InChI is InChI=1S/C21H22F2N2O3/c1-2-28-17-8-6-16(7-9-17)24-20(26)15-4-3-11-25(13-15)21(27)14-5-10-18(22)19(23)12-14/h5-10,12,15H,2-4,11,13H2,1H3,(H,24,26). The van der Waals surface area contributed by atoms with Gasteiger partial charge in [0.1, 0.15) is 5.75 Å². The van der Waals surface area contributed by atoms with Crippen LogP contribution in [0.5, 0.6) is 5.75 Å². The third-order valence-electron chi connectivity index (χ3n) is 4.68. The van der Waals surface area contributed by atoms with E-state index in [9.17, 15) is 18.4 Å². The topological polar surface area (TPSA) is 58.6 Å². The molecule has 1 aliphatic heterocycles. The van der Waals surface area contributed by atoms with Crippen molar-refractivity contribution in [1.29, 1.82) is 0 Å². The lowest BCUT2D eigenvalue weighted by Gasteiger charge is -2.32. The number of hydrogen-bond donors (Lipinski definition) is 1. The number of carbonyl (C=O) groups excluding carboxylic acids is 2. The predicted octanol–water partition coefficient (Wildman–Crippen LogP) is 3.85. The van der Waals surface area contributed by atoms with Crippen LogP contribution < -0.4 is 10.1 Å². The molecule has 0 radical (unpaired) electrons. The first-order valence-corrected chi connectivity index (χ1v) is 9.26. The lowest BCUT2D eigenvalue weighted by atomic mass is 9.96. The maximum atomic E-state index is 13.4. The number of benzene rings is 2. The molecule has 1 N–H and O–H groups in total. The highest BCUT2D eigenvalue weighted by molar-refractivity contribution is 5.96. The van der Waals surface area contributed by atoms with Crippen LogP contribution in [-0.4, -0.2) is 36.4 Å². The van der Waals surface area contributed by atoms with Crippen LogP contribution in [0, 0.1) is 17.6 Å². The molecule has 2 aromatic carbocycles. The van der Waals surface area contributed by atoms with Crippen LogP contribution in [-0.2, 0) is 4.79 Å². The smallest absolute Gasteiger partial charge is 0.253 e. The zero-order valence-electron chi connectivity index (χ0n) is 15.6. The number of hydrogen-bond acceptors (Lipinski definition) is 3. The van der Waals surface area contributed by atoms with Gasteiger partial charge in [0, 0.05) is 24.3 Å². The highest BCUT2D eigenvalue weighted by Gasteiger charge is 2.29. The summed E-state index contributed by atoms with van der Waals surface area (Å²) in [6.45, 7) is 3.17. The summed E-state index contributed by atoms with van der Waals surface area (Å²) in [6, 6.07) is 10.2. The average molecular weight is 388 g/mol. The van der Waals surface area contributed by atoms with Crippen molar-refractivity contribution in [2.75, 3.05) is 25.0 Å². The van der Waals surface area contributed by atoms with Gasteiger partial charge < -0.3 is 15.0 Å². The number of nitrogens with one attached hydrogen (secondary N) is 1. The van der Waals surface area contributed by atoms with Gasteiger partial charge >= 0.3 is 0 Å². The number of rotatable bonds is 5. The Hall–Kier alpha value is -2.96. The molecule has 1 atom stereocenters. The molecular weight excluding hydrogens is 366 g/mol. The van der Waals surface area contributed by atoms with E-state index in [-0.39, 0.29) is 23.9 Å². The second-order valence-electron chi connectivity index (χ2n) is 6.67. The van der Waals surface area contributed by atoms with E-state index in [1.807, 2.05) is 6.92 Å². The normalized spacial score (nSPS) is 16.5. The molecule has 0 aliphatic carbocycles. The fourth-order valence-electron chi connectivity index (χ4n) is 3.23. The number of piperidine rings is 1. The first-order chi connectivity index (χ1) is 13.5. The lowest BCUT2D eigenvalue weighted by Crippen LogP contribution is -2.43. The van der Waals surface area contributed by atoms with Crippen LogP contribution >= 0.6 is 0 Å². The van der Waals surface area contributed by atoms with E-state index in [0.29, 0.717) is 31.7 Å². The Balaban J connectivity index is 1.62. The summed E-state index contributed by atoms with van der Waals surface area (Å²) in [5, 5.41) is 2.85. The molecule has 0 bridgehead atoms. The molecule has 148 valence electrons. The third-order valence-corrected chi connectivity index (χ3v) is 4.68. The van der Waals surface area contributed by atoms with Gasteiger partial charge in [0.05, 0.1) is 12.5 Å². The molecule has 7 heteroatoms. The van der Waals surface area contributed by atoms with Gasteiger partial charge in [-0.3, -0.25) is 9.59 Å². The molecule has 1 fully saturated rings. The van der Waals surface area contributed by atoms with Crippen molar-refractivity contribution in [2.45, 2.75) is 19.8 Å². The van der Waals surface area contributed by atoms with Crippen LogP contribution in [0.15, 0.2) is 42.5 Å². The summed E-state index contributed by atoms with van der Waals surface area (Å²) in [4.78, 5) is 26.7. The minimum absolute atomic E-state index is 0.0754. The van der Waals surface area contributed by atoms with Gasteiger partial charge in [-0.25, -0.2) is 8.78 Å². The number of anilines is 1. The van der Waals surface area contributed by atoms with Gasteiger partial charge in [-0.15, -0.1) is 0 Å². The molecule has 1 unspecified atom stereocenters. The van der Waals surface area contributed by atoms with Crippen molar-refractivity contribution < 1.29 is 23.1 Å². The van der Waals surface area contributed by atoms with Crippen LogP contribution in [0.2, 0.25) is 0 Å². The van der Waals surface area contributed by atoms with E-state index in [1.165, 1.54) is 11.0 Å². The highest BCUT2D eigenvalue weighted by atomic mass is 19.2. The highest BCUT2D eigenvalue weighted by Crippen LogP contribution is 2.22. The summed E-state index contributed by atoms with van der Waals surface area (Å²) < 4.78 is 31.9. The first kappa shape index (κ1) is 19.8. The molecule has 0 saturated carbocycles. The van der Waals surface area contributed by atoms with E-state index >= 15 is 0 Å². The predicted molar refractivity (Wildman–Crippen MR) is 101 cm³/mol. The zero-order valence-corrected chi connectivity index (χ0v) is 15.6. The number of ether oxygens (including phenoxy) is 1. The van der Waals surface area contributed by atoms with E-state index < -0.39 is 17.5 Å². The molecule has 28 heavy (non-hydrogen) atoms. The third kappa shape index (κ3) is 4.65. The van der Waals surface area contributed by atoms with E-state index in [0.717, 1.165) is 17.9 Å². The number of carbonyl (C=O) groups is 2. The quantitative estimate of drug-likeness (QED) is 0.846. The molecule has 1 heterocycles. The molecule has 1 saturated heterocycles. The SMILES string of the molecule is CCOc1ccc(NC(=O)C2CCCN(C(=O)c3ccc(F)c(F)c3)C2)cc1. The number of amides is 2. The van der Waals surface area contributed by atoms with Crippen molar-refractivity contribution in [3.8, 4) is 5.75 Å². The fraction of sp³-hybridized carbons (Fsp3) is 0.333. The van der Waals surface area contributed by atoms with Crippen LogP contribution in [0.1, 0.15) is 30.1 Å². The summed E-state index contributed by atoms with van der Waals surface area (Å²) in [7, 11) is 0. The molecule has 2 aromatic rings. The molecule has 0 spiro atoms. The number of halogens is 2. The van der Waals surface area contributed by atoms with E-state index in [4.69, 9.17) is 4.74 Å². The van der Waals surface area contributed by atoms with Crippen molar-refractivity contribution in [3.63, 3.8) is 0 Å². The number of likely N-dealkylation sites (tertiary alicyclic amines) is 1. The van der Waals surface area contributed by atoms with Crippen LogP contribution in [0.4, 0.5) is 14.5 Å². The Kier molecular flexibility index (Phi) is 6.23. The maximum Gasteiger partial charge on any atom is 0.253 e.